The van der Waals surface area contributed by atoms with Crippen LogP contribution in [0, 0.1) is 0 Å². The molecule has 12 heteroatoms. The van der Waals surface area contributed by atoms with E-state index in [1.54, 1.807) is 48.5 Å². The van der Waals surface area contributed by atoms with Gasteiger partial charge in [-0.3, -0.25) is 19.5 Å². The highest BCUT2D eigenvalue weighted by atomic mass is 35.5. The molecule has 2 aromatic heterocycles. The van der Waals surface area contributed by atoms with E-state index in [1.807, 2.05) is 13.0 Å². The van der Waals surface area contributed by atoms with E-state index in [1.165, 1.54) is 40.4 Å². The minimum Gasteiger partial charge on any atom is -0.507 e. The van der Waals surface area contributed by atoms with Gasteiger partial charge < -0.3 is 9.84 Å². The number of hydrogen-bond donors (Lipinski definition) is 1. The number of anilines is 1. The minimum absolute atomic E-state index is 0.0456. The molecule has 1 fully saturated rings. The molecule has 5 rings (SSSR count). The largest absolute Gasteiger partial charge is 0.507 e. The van der Waals surface area contributed by atoms with Crippen LogP contribution in [0.3, 0.4) is 0 Å². The van der Waals surface area contributed by atoms with Crippen LogP contribution in [0.5, 0.6) is 5.75 Å². The first-order chi connectivity index (χ1) is 19.4. The summed E-state index contributed by atoms with van der Waals surface area (Å²) >= 11 is 14.9. The molecule has 0 aliphatic carbocycles. The molecule has 40 heavy (non-hydrogen) atoms. The van der Waals surface area contributed by atoms with Gasteiger partial charge in [0, 0.05) is 33.8 Å². The van der Waals surface area contributed by atoms with E-state index in [4.69, 9.17) is 27.9 Å². The molecule has 0 radical (unpaired) electrons. The van der Waals surface area contributed by atoms with Crippen molar-refractivity contribution in [3.8, 4) is 5.75 Å². The summed E-state index contributed by atoms with van der Waals surface area (Å²) in [6.45, 7) is 2.58. The number of aliphatic hydroxyl groups is 1. The molecule has 0 bridgehead atoms. The van der Waals surface area contributed by atoms with Crippen LogP contribution < -0.4 is 9.64 Å². The Morgan fingerprint density at radius 3 is 2.52 bits per heavy atom. The maximum atomic E-state index is 13.4. The summed E-state index contributed by atoms with van der Waals surface area (Å²) in [6.07, 6.45) is 3.86. The Bertz CT molecular complexity index is 1580. The molecule has 1 atom stereocenters. The van der Waals surface area contributed by atoms with E-state index < -0.39 is 17.7 Å². The van der Waals surface area contributed by atoms with Gasteiger partial charge in [0.1, 0.15) is 11.5 Å². The van der Waals surface area contributed by atoms with Gasteiger partial charge in [-0.05, 0) is 53.9 Å². The van der Waals surface area contributed by atoms with Crippen molar-refractivity contribution in [2.24, 2.45) is 0 Å². The summed E-state index contributed by atoms with van der Waals surface area (Å²) in [5, 5.41) is 21.0. The molecule has 204 valence electrons. The van der Waals surface area contributed by atoms with Crippen molar-refractivity contribution in [3.05, 3.63) is 99.3 Å². The molecule has 8 nitrogen and oxygen atoms in total. The highest BCUT2D eigenvalue weighted by molar-refractivity contribution is 8.00. The van der Waals surface area contributed by atoms with E-state index in [0.717, 1.165) is 12.0 Å². The average Bonchev–Trinajstić information content (AvgIpc) is 3.53. The zero-order valence-corrected chi connectivity index (χ0v) is 24.2. The van der Waals surface area contributed by atoms with Crippen molar-refractivity contribution >= 4 is 68.9 Å². The molecule has 1 saturated heterocycles. The molecule has 2 aromatic carbocycles. The number of hydrogen-bond acceptors (Lipinski definition) is 9. The number of amides is 1. The molecule has 0 saturated carbocycles. The van der Waals surface area contributed by atoms with Gasteiger partial charge in [-0.1, -0.05) is 71.4 Å². The van der Waals surface area contributed by atoms with Gasteiger partial charge in [-0.2, -0.15) is 0 Å². The molecule has 4 aromatic rings. The lowest BCUT2D eigenvalue weighted by atomic mass is 9.95. The summed E-state index contributed by atoms with van der Waals surface area (Å²) in [5.41, 5.74) is 1.80. The van der Waals surface area contributed by atoms with E-state index in [9.17, 15) is 14.7 Å². The first-order valence-electron chi connectivity index (χ1n) is 12.2. The van der Waals surface area contributed by atoms with Crippen LogP contribution in [0.4, 0.5) is 5.13 Å². The lowest BCUT2D eigenvalue weighted by Gasteiger charge is -2.22. The number of halogens is 2. The number of Topliss-reactive ketones (excluding diaryl/α,β-unsaturated/α-hetero) is 1. The van der Waals surface area contributed by atoms with Gasteiger partial charge in [0.05, 0.1) is 18.2 Å². The number of aromatic nitrogens is 3. The van der Waals surface area contributed by atoms with Crippen molar-refractivity contribution in [1.29, 1.82) is 0 Å². The smallest absolute Gasteiger partial charge is 0.301 e. The third kappa shape index (κ3) is 5.85. The zero-order chi connectivity index (χ0) is 28.2. The average molecular weight is 614 g/mol. The van der Waals surface area contributed by atoms with E-state index >= 15 is 0 Å². The second kappa shape index (κ2) is 12.4. The predicted molar refractivity (Wildman–Crippen MR) is 157 cm³/mol. The van der Waals surface area contributed by atoms with Crippen LogP contribution in [0.1, 0.15) is 36.1 Å². The highest BCUT2D eigenvalue weighted by Crippen LogP contribution is 2.44. The Balaban J connectivity index is 1.51. The third-order valence-corrected chi connectivity index (χ3v) is 8.73. The SMILES string of the molecule is CCCOc1ccc(C2C(=C(O)c3ccncc3)C(=O)C(=O)N2c2nnc(SCc3ccc(Cl)cc3Cl)s2)cc1. The van der Waals surface area contributed by atoms with Crippen molar-refractivity contribution in [2.75, 3.05) is 11.5 Å². The second-order valence-corrected chi connectivity index (χ2v) is 11.7. The molecular weight excluding hydrogens is 591 g/mol. The number of carbonyl (C=O) groups excluding carboxylic acids is 2. The van der Waals surface area contributed by atoms with Crippen molar-refractivity contribution in [3.63, 3.8) is 0 Å². The minimum atomic E-state index is -0.926. The zero-order valence-electron chi connectivity index (χ0n) is 21.1. The van der Waals surface area contributed by atoms with Crippen LogP contribution in [-0.4, -0.2) is 38.6 Å². The molecule has 1 aliphatic heterocycles. The highest BCUT2D eigenvalue weighted by Gasteiger charge is 2.48. The third-order valence-electron chi connectivity index (χ3n) is 6.04. The van der Waals surface area contributed by atoms with Gasteiger partial charge in [-0.15, -0.1) is 10.2 Å². The molecule has 1 N–H and O–H groups in total. The summed E-state index contributed by atoms with van der Waals surface area (Å²) < 4.78 is 6.28. The Morgan fingerprint density at radius 1 is 1.07 bits per heavy atom. The first kappa shape index (κ1) is 28.1. The summed E-state index contributed by atoms with van der Waals surface area (Å²) in [6, 6.07) is 14.6. The predicted octanol–water partition coefficient (Wildman–Crippen LogP) is 6.95. The molecule has 3 heterocycles. The fraction of sp³-hybridized carbons (Fsp3) is 0.179. The summed E-state index contributed by atoms with van der Waals surface area (Å²) in [7, 11) is 0. The van der Waals surface area contributed by atoms with Crippen LogP contribution in [0.2, 0.25) is 10.0 Å². The number of carbonyl (C=O) groups is 2. The topological polar surface area (TPSA) is 106 Å². The van der Waals surface area contributed by atoms with Crippen LogP contribution >= 0.6 is 46.3 Å². The van der Waals surface area contributed by atoms with Gasteiger partial charge in [0.15, 0.2) is 4.34 Å². The number of ketones is 1. The monoisotopic (exact) mass is 612 g/mol. The van der Waals surface area contributed by atoms with E-state index in [2.05, 4.69) is 15.2 Å². The van der Waals surface area contributed by atoms with E-state index in [-0.39, 0.29) is 16.5 Å². The molecular formula is C28H22Cl2N4O4S2. The van der Waals surface area contributed by atoms with Crippen LogP contribution in [0.25, 0.3) is 5.76 Å². The van der Waals surface area contributed by atoms with Crippen molar-refractivity contribution in [1.82, 2.24) is 15.2 Å². The molecule has 1 unspecified atom stereocenters. The number of thioether (sulfide) groups is 1. The van der Waals surface area contributed by atoms with Crippen LogP contribution in [0.15, 0.2) is 76.9 Å². The van der Waals surface area contributed by atoms with E-state index in [0.29, 0.717) is 43.6 Å². The number of aliphatic hydroxyl groups excluding tert-OH is 1. The lowest BCUT2D eigenvalue weighted by molar-refractivity contribution is -0.132. The Hall–Kier alpha value is -3.44. The Morgan fingerprint density at radius 2 is 1.82 bits per heavy atom. The Labute approximate surface area is 248 Å². The second-order valence-electron chi connectivity index (χ2n) is 8.70. The number of pyridine rings is 1. The molecule has 1 aliphatic rings. The fourth-order valence-corrected chi connectivity index (χ4v) is 6.54. The van der Waals surface area contributed by atoms with Gasteiger partial charge in [0.25, 0.3) is 5.78 Å². The van der Waals surface area contributed by atoms with Crippen LogP contribution in [-0.2, 0) is 15.3 Å². The standard InChI is InChI=1S/C28H22Cl2N4O4S2/c1-2-13-38-20-7-4-16(5-8-20)23-22(24(35)17-9-11-31-12-10-17)25(36)26(37)34(23)27-32-33-28(40-27)39-15-18-3-6-19(29)14-21(18)30/h3-12,14,23,35H,2,13,15H2,1H3. The normalized spacial score (nSPS) is 16.5. The number of benzene rings is 2. The maximum Gasteiger partial charge on any atom is 0.301 e. The van der Waals surface area contributed by atoms with Crippen molar-refractivity contribution < 1.29 is 19.4 Å². The first-order valence-corrected chi connectivity index (χ1v) is 14.8. The summed E-state index contributed by atoms with van der Waals surface area (Å²) in [4.78, 5) is 32.0. The number of rotatable bonds is 9. The molecule has 0 spiro atoms. The van der Waals surface area contributed by atoms with Gasteiger partial charge >= 0.3 is 5.91 Å². The van der Waals surface area contributed by atoms with Gasteiger partial charge in [-0.25, -0.2) is 0 Å². The fourth-order valence-electron chi connectivity index (χ4n) is 4.11. The number of nitrogens with zero attached hydrogens (tertiary/aromatic N) is 4. The van der Waals surface area contributed by atoms with Crippen molar-refractivity contribution in [2.45, 2.75) is 29.5 Å². The number of ether oxygens (including phenoxy) is 1. The lowest BCUT2D eigenvalue weighted by Crippen LogP contribution is -2.29. The molecule has 1 amide bonds. The summed E-state index contributed by atoms with van der Waals surface area (Å²) in [5.74, 6) is -0.750. The Kier molecular flexibility index (Phi) is 8.70. The maximum absolute atomic E-state index is 13.4. The quantitative estimate of drug-likeness (QED) is 0.0711. The van der Waals surface area contributed by atoms with Gasteiger partial charge in [0.2, 0.25) is 5.13 Å².